The minimum atomic E-state index is -4.55. The van der Waals surface area contributed by atoms with E-state index in [0.29, 0.717) is 19.3 Å². The van der Waals surface area contributed by atoms with Crippen LogP contribution in [0.5, 0.6) is 0 Å². The molecule has 1 aliphatic heterocycles. The van der Waals surface area contributed by atoms with Crippen LogP contribution in [-0.4, -0.2) is 78.6 Å². The number of rotatable bonds is 10. The third-order valence-electron chi connectivity index (χ3n) is 9.29. The van der Waals surface area contributed by atoms with Gasteiger partial charge in [0.15, 0.2) is 0 Å². The standard InChI is InChI=1S/C28H45F3N4O4/c1-27(2,33-3)20-13-22(18-6-4-17(15-32)5-7-18)35-23(14-20)21(28(29,30)31)16-34-26(38)19-8-9-25(24(37)12-19)39-11-10-36/h17-21,23-25,33,36-37H,4-14,16H2,1-3H3,(H,34,38). The summed E-state index contributed by atoms with van der Waals surface area (Å²) in [5.74, 6) is -2.89. The average Bonchev–Trinajstić information content (AvgIpc) is 2.91. The Hall–Kier alpha value is -1.74. The first kappa shape index (κ1) is 31.8. The van der Waals surface area contributed by atoms with Gasteiger partial charge in [-0.05, 0) is 90.5 Å². The lowest BCUT2D eigenvalue weighted by Crippen LogP contribution is -2.52. The molecule has 4 N–H and O–H groups in total. The zero-order valence-corrected chi connectivity index (χ0v) is 23.3. The number of carbonyl (C=O) groups is 1. The largest absolute Gasteiger partial charge is 0.395 e. The number of aliphatic hydroxyl groups excluding tert-OH is 2. The predicted molar refractivity (Wildman–Crippen MR) is 141 cm³/mol. The Balaban J connectivity index is 1.73. The molecule has 1 amide bonds. The van der Waals surface area contributed by atoms with Gasteiger partial charge in [-0.1, -0.05) is 0 Å². The second-order valence-corrected chi connectivity index (χ2v) is 12.1. The first-order chi connectivity index (χ1) is 18.4. The van der Waals surface area contributed by atoms with Crippen LogP contribution in [0, 0.1) is 40.9 Å². The van der Waals surface area contributed by atoms with Crippen molar-refractivity contribution in [1.82, 2.24) is 10.6 Å². The van der Waals surface area contributed by atoms with Crippen molar-refractivity contribution < 1.29 is 32.9 Å². The van der Waals surface area contributed by atoms with Crippen LogP contribution in [0.15, 0.2) is 4.99 Å². The number of nitriles is 1. The maximum atomic E-state index is 14.5. The van der Waals surface area contributed by atoms with E-state index in [9.17, 15) is 28.3 Å². The molecule has 39 heavy (non-hydrogen) atoms. The number of ether oxygens (including phenoxy) is 1. The molecule has 0 radical (unpaired) electrons. The van der Waals surface area contributed by atoms with E-state index in [1.807, 2.05) is 20.9 Å². The molecule has 0 bridgehead atoms. The molecule has 1 heterocycles. The third-order valence-corrected chi connectivity index (χ3v) is 9.29. The van der Waals surface area contributed by atoms with E-state index in [0.717, 1.165) is 31.4 Å². The molecule has 0 aromatic carbocycles. The summed E-state index contributed by atoms with van der Waals surface area (Å²) in [6.07, 6.45) is -1.17. The van der Waals surface area contributed by atoms with Gasteiger partial charge in [-0.15, -0.1) is 0 Å². The Kier molecular flexibility index (Phi) is 11.2. The number of carbonyl (C=O) groups excluding carboxylic acids is 1. The first-order valence-corrected chi connectivity index (χ1v) is 14.3. The lowest BCUT2D eigenvalue weighted by molar-refractivity contribution is -0.181. The molecule has 2 fully saturated rings. The Morgan fingerprint density at radius 2 is 1.87 bits per heavy atom. The number of hydrogen-bond donors (Lipinski definition) is 4. The predicted octanol–water partition coefficient (Wildman–Crippen LogP) is 3.37. The quantitative estimate of drug-likeness (QED) is 0.326. The molecule has 222 valence electrons. The molecule has 3 rings (SSSR count). The van der Waals surface area contributed by atoms with Crippen molar-refractivity contribution in [3.8, 4) is 6.07 Å². The van der Waals surface area contributed by atoms with Crippen LogP contribution in [0.4, 0.5) is 13.2 Å². The number of amides is 1. The summed E-state index contributed by atoms with van der Waals surface area (Å²) in [5.41, 5.74) is 0.427. The van der Waals surface area contributed by atoms with Gasteiger partial charge in [0.25, 0.3) is 0 Å². The smallest absolute Gasteiger partial charge is 0.394 e. The third kappa shape index (κ3) is 8.38. The summed E-state index contributed by atoms with van der Waals surface area (Å²) in [6, 6.07) is 1.31. The van der Waals surface area contributed by atoms with Crippen LogP contribution in [0.1, 0.15) is 71.6 Å². The monoisotopic (exact) mass is 558 g/mol. The fourth-order valence-electron chi connectivity index (χ4n) is 6.36. The van der Waals surface area contributed by atoms with Crippen LogP contribution < -0.4 is 10.6 Å². The Morgan fingerprint density at radius 1 is 1.18 bits per heavy atom. The summed E-state index contributed by atoms with van der Waals surface area (Å²) in [7, 11) is 1.82. The number of aliphatic imine (C=N–C) groups is 1. The second kappa shape index (κ2) is 13.7. The van der Waals surface area contributed by atoms with Gasteiger partial charge in [-0.25, -0.2) is 0 Å². The summed E-state index contributed by atoms with van der Waals surface area (Å²) >= 11 is 0. The number of alkyl halides is 3. The Bertz CT molecular complexity index is 883. The molecule has 0 aromatic heterocycles. The molecular weight excluding hydrogens is 513 g/mol. The van der Waals surface area contributed by atoms with Crippen molar-refractivity contribution in [2.24, 2.45) is 34.6 Å². The van der Waals surface area contributed by atoms with E-state index in [2.05, 4.69) is 16.7 Å². The fraction of sp³-hybridized carbons (Fsp3) is 0.893. The molecule has 8 nitrogen and oxygen atoms in total. The fourth-order valence-corrected chi connectivity index (χ4v) is 6.36. The highest BCUT2D eigenvalue weighted by Crippen LogP contribution is 2.41. The lowest BCUT2D eigenvalue weighted by Gasteiger charge is -2.43. The molecule has 11 heteroatoms. The molecule has 6 unspecified atom stereocenters. The number of nitrogens with one attached hydrogen (secondary N) is 2. The molecule has 2 saturated carbocycles. The van der Waals surface area contributed by atoms with Crippen LogP contribution in [-0.2, 0) is 9.53 Å². The van der Waals surface area contributed by atoms with E-state index in [-0.39, 0.29) is 43.8 Å². The van der Waals surface area contributed by atoms with Gasteiger partial charge in [-0.3, -0.25) is 9.79 Å². The van der Waals surface area contributed by atoms with Gasteiger partial charge in [0.05, 0.1) is 43.5 Å². The average molecular weight is 559 g/mol. The van der Waals surface area contributed by atoms with E-state index in [1.54, 1.807) is 0 Å². The van der Waals surface area contributed by atoms with Gasteiger partial charge in [0.2, 0.25) is 5.91 Å². The van der Waals surface area contributed by atoms with Crippen LogP contribution in [0.2, 0.25) is 0 Å². The number of hydrogen-bond acceptors (Lipinski definition) is 7. The summed E-state index contributed by atoms with van der Waals surface area (Å²) in [5, 5.41) is 34.3. The van der Waals surface area contributed by atoms with Gasteiger partial charge < -0.3 is 25.6 Å². The minimum Gasteiger partial charge on any atom is -0.394 e. The van der Waals surface area contributed by atoms with E-state index >= 15 is 0 Å². The van der Waals surface area contributed by atoms with Crippen LogP contribution in [0.3, 0.4) is 0 Å². The van der Waals surface area contributed by atoms with Gasteiger partial charge in [0.1, 0.15) is 0 Å². The zero-order chi connectivity index (χ0) is 28.8. The van der Waals surface area contributed by atoms with Crippen molar-refractivity contribution in [2.45, 2.75) is 102 Å². The zero-order valence-electron chi connectivity index (χ0n) is 23.3. The van der Waals surface area contributed by atoms with Crippen molar-refractivity contribution in [3.05, 3.63) is 0 Å². The highest BCUT2D eigenvalue weighted by atomic mass is 19.4. The highest BCUT2D eigenvalue weighted by molar-refractivity contribution is 5.88. The molecule has 0 aromatic rings. The van der Waals surface area contributed by atoms with Crippen LogP contribution in [0.25, 0.3) is 0 Å². The SMILES string of the molecule is CNC(C)(C)C1CC(C2CCC(C#N)CC2)=NC(C(CNC(=O)C2CCC(OCCO)C(O)C2)C(F)(F)F)C1. The van der Waals surface area contributed by atoms with Gasteiger partial charge in [0, 0.05) is 29.6 Å². The van der Waals surface area contributed by atoms with Gasteiger partial charge >= 0.3 is 6.18 Å². The van der Waals surface area contributed by atoms with E-state index < -0.39 is 54.3 Å². The highest BCUT2D eigenvalue weighted by Gasteiger charge is 2.49. The lowest BCUT2D eigenvalue weighted by atomic mass is 9.71. The van der Waals surface area contributed by atoms with E-state index in [1.165, 1.54) is 0 Å². The number of nitrogens with zero attached hydrogens (tertiary/aromatic N) is 2. The van der Waals surface area contributed by atoms with Crippen LogP contribution >= 0.6 is 0 Å². The summed E-state index contributed by atoms with van der Waals surface area (Å²) in [6.45, 7) is 3.35. The topological polar surface area (TPSA) is 127 Å². The maximum Gasteiger partial charge on any atom is 0.395 e. The van der Waals surface area contributed by atoms with Crippen molar-refractivity contribution in [1.29, 1.82) is 5.26 Å². The molecule has 3 aliphatic rings. The van der Waals surface area contributed by atoms with Crippen molar-refractivity contribution in [2.75, 3.05) is 26.8 Å². The van der Waals surface area contributed by atoms with Crippen molar-refractivity contribution in [3.63, 3.8) is 0 Å². The normalized spacial score (nSPS) is 33.1. The first-order valence-electron chi connectivity index (χ1n) is 14.3. The second-order valence-electron chi connectivity index (χ2n) is 12.1. The number of halogens is 3. The molecule has 6 atom stereocenters. The number of aliphatic hydroxyl groups is 2. The Labute approximate surface area is 229 Å². The Morgan fingerprint density at radius 3 is 2.44 bits per heavy atom. The van der Waals surface area contributed by atoms with Gasteiger partial charge in [-0.2, -0.15) is 18.4 Å². The molecular formula is C28H45F3N4O4. The summed E-state index contributed by atoms with van der Waals surface area (Å²) < 4.78 is 48.8. The molecule has 0 spiro atoms. The van der Waals surface area contributed by atoms with Crippen molar-refractivity contribution >= 4 is 11.6 Å². The maximum absolute atomic E-state index is 14.5. The minimum absolute atomic E-state index is 0.00116. The summed E-state index contributed by atoms with van der Waals surface area (Å²) in [4.78, 5) is 17.6. The molecule has 0 saturated heterocycles. The molecule has 2 aliphatic carbocycles. The van der Waals surface area contributed by atoms with E-state index in [4.69, 9.17) is 14.8 Å².